The summed E-state index contributed by atoms with van der Waals surface area (Å²) in [5.41, 5.74) is 18.2. The second-order valence-corrected chi connectivity index (χ2v) is 12.5. The molecule has 256 valence electrons. The van der Waals surface area contributed by atoms with Crippen LogP contribution in [0.1, 0.15) is 56.7 Å². The van der Waals surface area contributed by atoms with E-state index in [1.807, 2.05) is 98.2 Å². The summed E-state index contributed by atoms with van der Waals surface area (Å²) in [5, 5.41) is 0. The van der Waals surface area contributed by atoms with Crippen LogP contribution < -0.4 is 0 Å². The van der Waals surface area contributed by atoms with E-state index < -0.39 is 0 Å². The van der Waals surface area contributed by atoms with Crippen molar-refractivity contribution >= 4 is 24.0 Å². The highest BCUT2D eigenvalue weighted by Crippen LogP contribution is 2.38. The molecule has 6 rings (SSSR count). The average Bonchev–Trinajstić information content (AvgIpc) is 3.40. The second-order valence-electron chi connectivity index (χ2n) is 12.5. The summed E-state index contributed by atoms with van der Waals surface area (Å²) in [4.78, 5) is 19.2. The molecule has 4 heteroatoms. The lowest BCUT2D eigenvalue weighted by atomic mass is 9.81. The zero-order valence-electron chi connectivity index (χ0n) is 30.0. The second kappa shape index (κ2) is 18.7. The summed E-state index contributed by atoms with van der Waals surface area (Å²) in [7, 11) is 1.79. The minimum atomic E-state index is 0.500. The lowest BCUT2D eigenvalue weighted by Gasteiger charge is -2.23. The molecule has 0 spiro atoms. The smallest absolute Gasteiger partial charge is 0.170 e. The molecule has 1 aromatic heterocycles. The fraction of sp³-hybridized carbons (Fsp3) is 0.167. The molecule has 0 fully saturated rings. The zero-order chi connectivity index (χ0) is 35.8. The van der Waals surface area contributed by atoms with Crippen molar-refractivity contribution < 1.29 is 0 Å². The van der Waals surface area contributed by atoms with Gasteiger partial charge in [0.05, 0.1) is 11.3 Å². The van der Waals surface area contributed by atoms with E-state index in [-0.39, 0.29) is 0 Å². The van der Waals surface area contributed by atoms with Crippen LogP contribution >= 0.6 is 0 Å². The molecule has 0 bridgehead atoms. The van der Waals surface area contributed by atoms with E-state index in [4.69, 9.17) is 15.0 Å². The standard InChI is InChI=1S/C48H44N4/c1-3-38(47(49-2)52-48(40-23-11-5-4-6-12-24-40)51-36-37-20-9-7-10-21-37)34-41(26-19-28-44-27-17-18-33-50-44)42-32-31-39-22-15-16-30-45(39)46-29-14-8-13-25-43(46)35-42/h3-7,9-11,13-15,17-22,24-25,27-29,32-34,36H,8,16,26,30-31,35H2,1-2H3/b5-4-,28-19+,38-3+,41-34+,42-32+,49-47?,51-36?,52-48?. The molecule has 0 amide bonds. The van der Waals surface area contributed by atoms with Gasteiger partial charge in [-0.2, -0.15) is 0 Å². The molecule has 1 heterocycles. The maximum absolute atomic E-state index is 5.10. The first-order chi connectivity index (χ1) is 25.7. The molecule has 4 nitrogen and oxygen atoms in total. The van der Waals surface area contributed by atoms with Crippen molar-refractivity contribution in [2.24, 2.45) is 15.0 Å². The van der Waals surface area contributed by atoms with Crippen molar-refractivity contribution in [3.63, 3.8) is 0 Å². The molecule has 0 saturated heterocycles. The van der Waals surface area contributed by atoms with Crippen molar-refractivity contribution in [3.05, 3.63) is 213 Å². The minimum absolute atomic E-state index is 0.500. The van der Waals surface area contributed by atoms with E-state index in [1.165, 1.54) is 33.4 Å². The third-order valence-corrected chi connectivity index (χ3v) is 9.06. The van der Waals surface area contributed by atoms with Gasteiger partial charge < -0.3 is 0 Å². The summed E-state index contributed by atoms with van der Waals surface area (Å²) in [6.45, 7) is 2.04. The molecule has 0 saturated carbocycles. The van der Waals surface area contributed by atoms with Crippen LogP contribution in [0, 0.1) is 0 Å². The Morgan fingerprint density at radius 2 is 1.79 bits per heavy atom. The Bertz CT molecular complexity index is 2180. The summed E-state index contributed by atoms with van der Waals surface area (Å²) in [5.74, 6) is 1.09. The summed E-state index contributed by atoms with van der Waals surface area (Å²) in [6, 6.07) is 16.0. The quantitative estimate of drug-likeness (QED) is 0.119. The van der Waals surface area contributed by atoms with E-state index in [2.05, 4.69) is 83.3 Å². The Hall–Kier alpha value is -6.18. The normalized spacial score (nSPS) is 19.9. The van der Waals surface area contributed by atoms with Gasteiger partial charge in [0.25, 0.3) is 0 Å². The highest BCUT2D eigenvalue weighted by atomic mass is 15.0. The van der Waals surface area contributed by atoms with Crippen LogP contribution in [0.4, 0.5) is 0 Å². The number of amidine groups is 2. The van der Waals surface area contributed by atoms with E-state index in [9.17, 15) is 0 Å². The Morgan fingerprint density at radius 3 is 2.63 bits per heavy atom. The van der Waals surface area contributed by atoms with Gasteiger partial charge in [0.1, 0.15) is 0 Å². The molecule has 4 aliphatic carbocycles. The first kappa shape index (κ1) is 35.6. The first-order valence-electron chi connectivity index (χ1n) is 18.0. The van der Waals surface area contributed by atoms with Crippen molar-refractivity contribution in [2.45, 2.75) is 45.4 Å². The lowest BCUT2D eigenvalue weighted by molar-refractivity contribution is 0.922. The molecule has 0 unspecified atom stereocenters. The van der Waals surface area contributed by atoms with Gasteiger partial charge in [-0.15, -0.1) is 11.5 Å². The van der Waals surface area contributed by atoms with Crippen molar-refractivity contribution in [2.75, 3.05) is 7.05 Å². The Labute approximate surface area is 308 Å². The Morgan fingerprint density at radius 1 is 0.942 bits per heavy atom. The maximum Gasteiger partial charge on any atom is 0.170 e. The number of rotatable bonds is 8. The molecule has 0 aliphatic heterocycles. The number of aliphatic imine (C=N–C) groups is 3. The van der Waals surface area contributed by atoms with Crippen LogP contribution in [0.2, 0.25) is 0 Å². The largest absolute Gasteiger partial charge is 0.270 e. The highest BCUT2D eigenvalue weighted by Gasteiger charge is 2.20. The average molecular weight is 677 g/mol. The number of pyridine rings is 1. The number of allylic oxidation sites excluding steroid dienone is 17. The van der Waals surface area contributed by atoms with Crippen LogP contribution in [0.15, 0.2) is 217 Å². The van der Waals surface area contributed by atoms with Crippen molar-refractivity contribution in [1.29, 1.82) is 0 Å². The van der Waals surface area contributed by atoms with Gasteiger partial charge in [-0.3, -0.25) is 9.98 Å². The summed E-state index contributed by atoms with van der Waals surface area (Å²) < 4.78 is 0. The molecule has 1 aromatic carbocycles. The van der Waals surface area contributed by atoms with Gasteiger partial charge in [0.15, 0.2) is 11.7 Å². The fourth-order valence-electron chi connectivity index (χ4n) is 6.40. The third kappa shape index (κ3) is 9.74. The summed E-state index contributed by atoms with van der Waals surface area (Å²) >= 11 is 0. The first-order valence-corrected chi connectivity index (χ1v) is 18.0. The van der Waals surface area contributed by atoms with Crippen molar-refractivity contribution in [1.82, 2.24) is 4.98 Å². The number of nitrogens with zero attached hydrogens (tertiary/aromatic N) is 4. The topological polar surface area (TPSA) is 50.0 Å². The van der Waals surface area contributed by atoms with Crippen molar-refractivity contribution in [3.8, 4) is 0 Å². The van der Waals surface area contributed by atoms with Gasteiger partial charge in [-0.1, -0.05) is 103 Å². The molecule has 0 atom stereocenters. The zero-order valence-corrected chi connectivity index (χ0v) is 30.0. The molecule has 0 radical (unpaired) electrons. The van der Waals surface area contributed by atoms with Crippen LogP contribution in [0.25, 0.3) is 6.08 Å². The molecule has 52 heavy (non-hydrogen) atoms. The van der Waals surface area contributed by atoms with Gasteiger partial charge in [0.2, 0.25) is 0 Å². The number of hydrogen-bond acceptors (Lipinski definition) is 2. The molecule has 2 aromatic rings. The van der Waals surface area contributed by atoms with Gasteiger partial charge in [0, 0.05) is 25.0 Å². The molecular formula is C48H44N4. The number of fused-ring (bicyclic) bond motifs is 1. The Kier molecular flexibility index (Phi) is 12.8. The van der Waals surface area contributed by atoms with E-state index >= 15 is 0 Å². The number of benzene rings is 1. The fourth-order valence-corrected chi connectivity index (χ4v) is 6.40. The van der Waals surface area contributed by atoms with Crippen LogP contribution in [0.3, 0.4) is 0 Å². The minimum Gasteiger partial charge on any atom is -0.270 e. The van der Waals surface area contributed by atoms with Crippen LogP contribution in [-0.2, 0) is 0 Å². The van der Waals surface area contributed by atoms with E-state index in [0.717, 1.165) is 55.4 Å². The number of hydrogen-bond donors (Lipinski definition) is 0. The molecule has 4 aliphatic rings. The van der Waals surface area contributed by atoms with Gasteiger partial charge in [-0.05, 0) is 127 Å². The lowest BCUT2D eigenvalue weighted by Crippen LogP contribution is -2.08. The SMILES string of the molecule is C\C=C(/C=C(C/C=C/c1ccccn1)/C1=C/CC2=C(CCC=C2)C2=C(C=CCC=C2)C1)C(N=C(N=Cc1ccccc1)C1=C=C/C=C\C=C=C1)=NC. The van der Waals surface area contributed by atoms with E-state index in [1.54, 1.807) is 7.05 Å². The van der Waals surface area contributed by atoms with Gasteiger partial charge >= 0.3 is 0 Å². The van der Waals surface area contributed by atoms with E-state index in [0.29, 0.717) is 17.2 Å². The third-order valence-electron chi connectivity index (χ3n) is 9.06. The number of aromatic nitrogens is 1. The molecule has 0 N–H and O–H groups in total. The monoisotopic (exact) mass is 676 g/mol. The predicted octanol–water partition coefficient (Wildman–Crippen LogP) is 11.4. The maximum atomic E-state index is 5.10. The Balaban J connectivity index is 1.44. The molecular weight excluding hydrogens is 633 g/mol. The van der Waals surface area contributed by atoms with Crippen LogP contribution in [0.5, 0.6) is 0 Å². The predicted molar refractivity (Wildman–Crippen MR) is 221 cm³/mol. The van der Waals surface area contributed by atoms with Crippen LogP contribution in [-0.4, -0.2) is 29.9 Å². The van der Waals surface area contributed by atoms with Gasteiger partial charge in [-0.25, -0.2) is 9.98 Å². The summed E-state index contributed by atoms with van der Waals surface area (Å²) in [6.07, 6.45) is 43.6. The highest BCUT2D eigenvalue weighted by molar-refractivity contribution is 6.15.